The molecule has 1 aliphatic rings. The van der Waals surface area contributed by atoms with Crippen molar-refractivity contribution in [3.8, 4) is 0 Å². The van der Waals surface area contributed by atoms with Crippen molar-refractivity contribution in [1.82, 2.24) is 4.90 Å². The maximum atomic E-state index is 12.4. The molecule has 0 radical (unpaired) electrons. The van der Waals surface area contributed by atoms with Gasteiger partial charge in [-0.05, 0) is 26.0 Å². The van der Waals surface area contributed by atoms with Crippen molar-refractivity contribution in [1.29, 1.82) is 0 Å². The third-order valence-corrected chi connectivity index (χ3v) is 3.23. The van der Waals surface area contributed by atoms with Crippen molar-refractivity contribution in [2.45, 2.75) is 20.3 Å². The first-order valence-corrected chi connectivity index (χ1v) is 6.57. The van der Waals surface area contributed by atoms with Gasteiger partial charge in [-0.2, -0.15) is 0 Å². The Kier molecular flexibility index (Phi) is 4.00. The molecule has 1 aliphatic heterocycles. The van der Waals surface area contributed by atoms with Crippen LogP contribution in [0, 0.1) is 0 Å². The number of rotatable bonds is 3. The minimum absolute atomic E-state index is 0.0415. The van der Waals surface area contributed by atoms with Gasteiger partial charge in [-0.25, -0.2) is 4.99 Å². The van der Waals surface area contributed by atoms with Crippen molar-refractivity contribution in [3.05, 3.63) is 35.4 Å². The zero-order valence-corrected chi connectivity index (χ0v) is 11.4. The van der Waals surface area contributed by atoms with E-state index < -0.39 is 0 Å². The van der Waals surface area contributed by atoms with Crippen LogP contribution in [0.2, 0.25) is 0 Å². The largest absolute Gasteiger partial charge is 0.387 e. The lowest BCUT2D eigenvalue weighted by molar-refractivity contribution is -0.126. The third-order valence-electron chi connectivity index (χ3n) is 3.23. The quantitative estimate of drug-likeness (QED) is 0.903. The van der Waals surface area contributed by atoms with E-state index in [0.717, 1.165) is 11.3 Å². The number of amidine groups is 1. The summed E-state index contributed by atoms with van der Waals surface area (Å²) in [5.74, 6) is 0.525. The highest BCUT2D eigenvalue weighted by Gasteiger charge is 2.19. The van der Waals surface area contributed by atoms with Crippen LogP contribution >= 0.6 is 0 Å². The van der Waals surface area contributed by atoms with E-state index in [0.29, 0.717) is 30.9 Å². The van der Waals surface area contributed by atoms with Crippen LogP contribution in [0.3, 0.4) is 0 Å². The minimum Gasteiger partial charge on any atom is -0.387 e. The second kappa shape index (κ2) is 5.69. The lowest BCUT2D eigenvalue weighted by atomic mass is 10.1. The van der Waals surface area contributed by atoms with Crippen LogP contribution < -0.4 is 5.73 Å². The number of likely N-dealkylation sites (N-methyl/N-ethyl adjacent to an activating group) is 1. The number of benzene rings is 1. The molecule has 1 heterocycles. The van der Waals surface area contributed by atoms with E-state index in [1.54, 1.807) is 4.90 Å². The maximum absolute atomic E-state index is 12.4. The van der Waals surface area contributed by atoms with Gasteiger partial charge in [-0.1, -0.05) is 18.2 Å². The number of hydrogen-bond acceptors (Lipinski definition) is 3. The number of nitrogens with zero attached hydrogens (tertiary/aromatic N) is 2. The number of carbonyl (C=O) groups excluding carboxylic acids is 1. The number of fused-ring (bicyclic) bond motifs is 1. The smallest absolute Gasteiger partial charge is 0.250 e. The zero-order valence-electron chi connectivity index (χ0n) is 11.4. The summed E-state index contributed by atoms with van der Waals surface area (Å²) < 4.78 is 0. The average Bonchev–Trinajstić information content (AvgIpc) is 2.57. The summed E-state index contributed by atoms with van der Waals surface area (Å²) in [5.41, 5.74) is 8.37. The highest BCUT2D eigenvalue weighted by Crippen LogP contribution is 2.26. The van der Waals surface area contributed by atoms with Crippen molar-refractivity contribution >= 4 is 23.5 Å². The van der Waals surface area contributed by atoms with Gasteiger partial charge in [0.2, 0.25) is 5.91 Å². The molecule has 2 N–H and O–H groups in total. The van der Waals surface area contributed by atoms with Gasteiger partial charge in [0.25, 0.3) is 0 Å². The lowest BCUT2D eigenvalue weighted by Crippen LogP contribution is -2.32. The number of hydrogen-bond donors (Lipinski definition) is 1. The van der Waals surface area contributed by atoms with E-state index >= 15 is 0 Å². The summed E-state index contributed by atoms with van der Waals surface area (Å²) in [4.78, 5) is 18.6. The summed E-state index contributed by atoms with van der Waals surface area (Å²) in [6, 6.07) is 7.71. The van der Waals surface area contributed by atoms with Gasteiger partial charge in [0.05, 0.1) is 5.69 Å². The van der Waals surface area contributed by atoms with Crippen molar-refractivity contribution in [2.24, 2.45) is 10.7 Å². The Balaban J connectivity index is 2.41. The highest BCUT2D eigenvalue weighted by atomic mass is 16.2. The van der Waals surface area contributed by atoms with Crippen molar-refractivity contribution < 1.29 is 4.79 Å². The number of nitrogens with two attached hydrogens (primary N) is 1. The van der Waals surface area contributed by atoms with Gasteiger partial charge < -0.3 is 10.6 Å². The monoisotopic (exact) mass is 257 g/mol. The molecule has 0 bridgehead atoms. The lowest BCUT2D eigenvalue weighted by Gasteiger charge is -2.20. The Bertz CT molecular complexity index is 542. The number of aliphatic imine (C=N–C) groups is 1. The highest BCUT2D eigenvalue weighted by molar-refractivity contribution is 6.05. The number of amides is 1. The van der Waals surface area contributed by atoms with E-state index in [-0.39, 0.29) is 5.91 Å². The van der Waals surface area contributed by atoms with Crippen LogP contribution in [0.25, 0.3) is 6.08 Å². The minimum atomic E-state index is 0.0415. The summed E-state index contributed by atoms with van der Waals surface area (Å²) >= 11 is 0. The molecule has 2 rings (SSSR count). The van der Waals surface area contributed by atoms with Crippen molar-refractivity contribution in [2.75, 3.05) is 13.1 Å². The Labute approximate surface area is 113 Å². The van der Waals surface area contributed by atoms with Crippen LogP contribution in [-0.2, 0) is 4.79 Å². The normalized spacial score (nSPS) is 14.0. The van der Waals surface area contributed by atoms with E-state index in [4.69, 9.17) is 5.73 Å². The maximum Gasteiger partial charge on any atom is 0.250 e. The van der Waals surface area contributed by atoms with Crippen LogP contribution in [0.15, 0.2) is 34.8 Å². The molecule has 0 aliphatic carbocycles. The van der Waals surface area contributed by atoms with Crippen molar-refractivity contribution in [3.63, 3.8) is 0 Å². The van der Waals surface area contributed by atoms with Gasteiger partial charge >= 0.3 is 0 Å². The molecule has 100 valence electrons. The summed E-state index contributed by atoms with van der Waals surface area (Å²) in [6.07, 6.45) is 2.31. The van der Waals surface area contributed by atoms with Gasteiger partial charge in [-0.15, -0.1) is 0 Å². The first-order chi connectivity index (χ1) is 9.15. The molecule has 0 spiro atoms. The second-order valence-electron chi connectivity index (χ2n) is 4.49. The standard InChI is InChI=1S/C15H19N3O/c1-3-18(4-2)15(19)12-9-11-7-5-6-8-13(11)17-14(16)10-12/h5-9H,3-4,10H2,1-2H3,(H2,16,17). The van der Waals surface area contributed by atoms with Crippen LogP contribution in [0.4, 0.5) is 5.69 Å². The molecule has 0 saturated heterocycles. The summed E-state index contributed by atoms with van der Waals surface area (Å²) in [7, 11) is 0. The molecule has 0 saturated carbocycles. The zero-order chi connectivity index (χ0) is 13.8. The van der Waals surface area contributed by atoms with Gasteiger partial charge in [-0.3, -0.25) is 4.79 Å². The molecule has 1 amide bonds. The third kappa shape index (κ3) is 2.84. The number of para-hydroxylation sites is 1. The predicted molar refractivity (Wildman–Crippen MR) is 78.2 cm³/mol. The number of carbonyl (C=O) groups is 1. The van der Waals surface area contributed by atoms with E-state index in [1.165, 1.54) is 0 Å². The molecule has 4 heteroatoms. The molecule has 19 heavy (non-hydrogen) atoms. The summed E-state index contributed by atoms with van der Waals surface area (Å²) in [5, 5.41) is 0. The second-order valence-corrected chi connectivity index (χ2v) is 4.49. The molecule has 1 aromatic rings. The van der Waals surface area contributed by atoms with Crippen LogP contribution in [-0.4, -0.2) is 29.7 Å². The summed E-state index contributed by atoms with van der Waals surface area (Å²) in [6.45, 7) is 5.35. The van der Waals surface area contributed by atoms with E-state index in [1.807, 2.05) is 44.2 Å². The first kappa shape index (κ1) is 13.3. The molecule has 0 unspecified atom stereocenters. The topological polar surface area (TPSA) is 58.7 Å². The van der Waals surface area contributed by atoms with Gasteiger partial charge in [0.15, 0.2) is 0 Å². The fraction of sp³-hybridized carbons (Fsp3) is 0.333. The molecule has 0 fully saturated rings. The molecule has 0 atom stereocenters. The van der Waals surface area contributed by atoms with E-state index in [2.05, 4.69) is 4.99 Å². The SMILES string of the molecule is CCN(CC)C(=O)C1=Cc2ccccc2N=C(N)C1. The molecular formula is C15H19N3O. The Hall–Kier alpha value is -2.10. The Morgan fingerprint density at radius 2 is 2.00 bits per heavy atom. The molecule has 0 aromatic heterocycles. The first-order valence-electron chi connectivity index (χ1n) is 6.57. The Morgan fingerprint density at radius 3 is 2.68 bits per heavy atom. The van der Waals surface area contributed by atoms with E-state index in [9.17, 15) is 4.79 Å². The van der Waals surface area contributed by atoms with Gasteiger partial charge in [0, 0.05) is 30.6 Å². The molecular weight excluding hydrogens is 238 g/mol. The van der Waals surface area contributed by atoms with Crippen LogP contribution in [0.1, 0.15) is 25.8 Å². The fourth-order valence-electron chi connectivity index (χ4n) is 2.19. The fourth-order valence-corrected chi connectivity index (χ4v) is 2.19. The van der Waals surface area contributed by atoms with Crippen LogP contribution in [0.5, 0.6) is 0 Å². The Morgan fingerprint density at radius 1 is 1.32 bits per heavy atom. The average molecular weight is 257 g/mol. The molecule has 1 aromatic carbocycles. The molecule has 4 nitrogen and oxygen atoms in total. The predicted octanol–water partition coefficient (Wildman–Crippen LogP) is 2.33. The van der Waals surface area contributed by atoms with Gasteiger partial charge in [0.1, 0.15) is 5.84 Å².